The number of β-lactam (4-membered cyclic amide) rings is 1. The molecule has 136 valence electrons. The Hall–Kier alpha value is -2.50. The quantitative estimate of drug-likeness (QED) is 0.577. The number of hydrogen-bond donors (Lipinski definition) is 2. The topological polar surface area (TPSA) is 152 Å². The van der Waals surface area contributed by atoms with E-state index in [2.05, 4.69) is 15.6 Å². The molecular weight excluding hydrogens is 354 g/mol. The van der Waals surface area contributed by atoms with Gasteiger partial charge in [-0.25, -0.2) is 13.2 Å². The van der Waals surface area contributed by atoms with Gasteiger partial charge in [-0.1, -0.05) is 5.21 Å². The van der Waals surface area contributed by atoms with Crippen molar-refractivity contribution in [3.63, 3.8) is 0 Å². The molecule has 0 aliphatic carbocycles. The third-order valence-corrected chi connectivity index (χ3v) is 7.39. The zero-order valence-electron chi connectivity index (χ0n) is 13.5. The van der Waals surface area contributed by atoms with Crippen LogP contribution in [0.3, 0.4) is 0 Å². The minimum Gasteiger partial charge on any atom is -0.480 e. The van der Waals surface area contributed by atoms with Gasteiger partial charge in [-0.2, -0.15) is 0 Å². The van der Waals surface area contributed by atoms with E-state index < -0.39 is 43.8 Å². The molecule has 0 radical (unpaired) electrons. The predicted octanol–water partition coefficient (Wildman–Crippen LogP) is -1.77. The second-order valence-electron chi connectivity index (χ2n) is 6.22. The maximum Gasteiger partial charge on any atom is 0.328 e. The third-order valence-electron chi connectivity index (χ3n) is 4.63. The average molecular weight is 371 g/mol. The van der Waals surface area contributed by atoms with E-state index in [4.69, 9.17) is 0 Å². The fourth-order valence-electron chi connectivity index (χ4n) is 3.34. The van der Waals surface area contributed by atoms with Crippen molar-refractivity contribution in [3.8, 4) is 0 Å². The van der Waals surface area contributed by atoms with Crippen molar-refractivity contribution in [2.45, 2.75) is 43.0 Å². The molecule has 2 aliphatic heterocycles. The van der Waals surface area contributed by atoms with E-state index in [1.165, 1.54) is 13.1 Å². The molecule has 0 bridgehead atoms. The van der Waals surface area contributed by atoms with Gasteiger partial charge in [-0.3, -0.25) is 14.3 Å². The molecule has 2 fully saturated rings. The van der Waals surface area contributed by atoms with Crippen LogP contribution in [0.5, 0.6) is 0 Å². The molecule has 2 aliphatic rings. The van der Waals surface area contributed by atoms with Crippen LogP contribution >= 0.6 is 0 Å². The number of nitrogens with one attached hydrogen (secondary N) is 1. The Labute approximate surface area is 142 Å². The van der Waals surface area contributed by atoms with Gasteiger partial charge in [0.2, 0.25) is 5.91 Å². The van der Waals surface area contributed by atoms with Gasteiger partial charge in [0.15, 0.2) is 21.6 Å². The number of aliphatic carboxylic acids is 1. The van der Waals surface area contributed by atoms with Crippen molar-refractivity contribution in [1.82, 2.24) is 25.2 Å². The first kappa shape index (κ1) is 17.3. The van der Waals surface area contributed by atoms with Crippen LogP contribution in [0.25, 0.3) is 0 Å². The summed E-state index contributed by atoms with van der Waals surface area (Å²) in [6.45, 7) is 3.06. The first-order chi connectivity index (χ1) is 11.6. The smallest absolute Gasteiger partial charge is 0.328 e. The fraction of sp³-hybridized carbons (Fsp3) is 0.615. The van der Waals surface area contributed by atoms with Crippen molar-refractivity contribution < 1.29 is 27.9 Å². The van der Waals surface area contributed by atoms with Crippen LogP contribution in [-0.4, -0.2) is 73.9 Å². The standard InChI is InChI=1S/C13H17N5O6S/c1-3-14-11(20)7-5-17(16-15-7)6-13(2)10(12(21)22)18-8(19)4-9(18)25(13,23)24/h5,9-10H,3-4,6H2,1-2H3,(H,14,20)(H,21,22)/t9-,10-,13-/m0/s1. The molecule has 0 aromatic carbocycles. The minimum absolute atomic E-state index is 0.00734. The van der Waals surface area contributed by atoms with Crippen LogP contribution in [0.1, 0.15) is 30.8 Å². The van der Waals surface area contributed by atoms with Crippen LogP contribution in [0.2, 0.25) is 0 Å². The molecule has 3 atom stereocenters. The van der Waals surface area contributed by atoms with Crippen molar-refractivity contribution in [2.75, 3.05) is 6.54 Å². The van der Waals surface area contributed by atoms with E-state index >= 15 is 0 Å². The Morgan fingerprint density at radius 3 is 2.72 bits per heavy atom. The van der Waals surface area contributed by atoms with Gasteiger partial charge in [-0.05, 0) is 13.8 Å². The van der Waals surface area contributed by atoms with Gasteiger partial charge in [0.1, 0.15) is 10.1 Å². The number of carboxylic acid groups (broad SMARTS) is 1. The summed E-state index contributed by atoms with van der Waals surface area (Å²) in [5.41, 5.74) is -0.00734. The molecular formula is C13H17N5O6S. The van der Waals surface area contributed by atoms with E-state index in [0.717, 1.165) is 9.58 Å². The van der Waals surface area contributed by atoms with Gasteiger partial charge in [0.25, 0.3) is 5.91 Å². The van der Waals surface area contributed by atoms with Gasteiger partial charge in [0, 0.05) is 6.54 Å². The summed E-state index contributed by atoms with van der Waals surface area (Å²) in [5.74, 6) is -2.38. The first-order valence-electron chi connectivity index (χ1n) is 7.59. The normalized spacial score (nSPS) is 29.8. The number of amides is 2. The molecule has 0 saturated carbocycles. The number of hydrogen-bond acceptors (Lipinski definition) is 7. The van der Waals surface area contributed by atoms with Crippen molar-refractivity contribution in [3.05, 3.63) is 11.9 Å². The Bertz CT molecular complexity index is 864. The highest BCUT2D eigenvalue weighted by Crippen LogP contribution is 2.46. The summed E-state index contributed by atoms with van der Waals surface area (Å²) in [6.07, 6.45) is 1.03. The SMILES string of the molecule is CCNC(=O)c1cn(C[C@@]2(C)[C@H](C(=O)O)N3C(=O)C[C@@H]3S2(=O)=O)nn1. The molecule has 12 heteroatoms. The van der Waals surface area contributed by atoms with Gasteiger partial charge < -0.3 is 15.3 Å². The van der Waals surface area contributed by atoms with Crippen molar-refractivity contribution in [2.24, 2.45) is 0 Å². The molecule has 3 heterocycles. The number of carbonyl (C=O) groups is 3. The number of carboxylic acids is 1. The largest absolute Gasteiger partial charge is 0.480 e. The van der Waals surface area contributed by atoms with Gasteiger partial charge in [-0.15, -0.1) is 5.10 Å². The zero-order valence-corrected chi connectivity index (χ0v) is 14.4. The lowest BCUT2D eigenvalue weighted by Gasteiger charge is -2.35. The Morgan fingerprint density at radius 2 is 2.16 bits per heavy atom. The van der Waals surface area contributed by atoms with Crippen molar-refractivity contribution >= 4 is 27.6 Å². The lowest BCUT2D eigenvalue weighted by atomic mass is 9.96. The highest BCUT2D eigenvalue weighted by atomic mass is 32.2. The summed E-state index contributed by atoms with van der Waals surface area (Å²) in [5, 5.41) is 18.3. The second kappa shape index (κ2) is 5.51. The monoisotopic (exact) mass is 371 g/mol. The van der Waals surface area contributed by atoms with Crippen LogP contribution in [0.4, 0.5) is 0 Å². The number of carbonyl (C=O) groups excluding carboxylic acids is 2. The van der Waals surface area contributed by atoms with Gasteiger partial charge >= 0.3 is 5.97 Å². The predicted molar refractivity (Wildman–Crippen MR) is 82.0 cm³/mol. The summed E-state index contributed by atoms with van der Waals surface area (Å²) >= 11 is 0. The minimum atomic E-state index is -3.94. The van der Waals surface area contributed by atoms with Gasteiger partial charge in [0.05, 0.1) is 19.2 Å². The molecule has 1 aromatic rings. The van der Waals surface area contributed by atoms with E-state index in [1.54, 1.807) is 6.92 Å². The van der Waals surface area contributed by atoms with E-state index in [-0.39, 0.29) is 18.7 Å². The van der Waals surface area contributed by atoms with E-state index in [0.29, 0.717) is 6.54 Å². The summed E-state index contributed by atoms with van der Waals surface area (Å²) in [4.78, 5) is 36.0. The Morgan fingerprint density at radius 1 is 1.48 bits per heavy atom. The van der Waals surface area contributed by atoms with E-state index in [1.807, 2.05) is 0 Å². The number of sulfone groups is 1. The number of rotatable bonds is 5. The molecule has 2 amide bonds. The van der Waals surface area contributed by atoms with Crippen LogP contribution in [-0.2, 0) is 26.0 Å². The fourth-order valence-corrected chi connectivity index (χ4v) is 5.70. The van der Waals surface area contributed by atoms with Crippen molar-refractivity contribution in [1.29, 1.82) is 0 Å². The maximum atomic E-state index is 12.8. The highest BCUT2D eigenvalue weighted by molar-refractivity contribution is 7.93. The number of aromatic nitrogens is 3. The van der Waals surface area contributed by atoms with E-state index in [9.17, 15) is 27.9 Å². The molecule has 0 unspecified atom stereocenters. The molecule has 2 saturated heterocycles. The third kappa shape index (κ3) is 2.31. The van der Waals surface area contributed by atoms with Crippen LogP contribution in [0.15, 0.2) is 6.20 Å². The lowest BCUT2D eigenvalue weighted by molar-refractivity contribution is -0.157. The Balaban J connectivity index is 1.95. The summed E-state index contributed by atoms with van der Waals surface area (Å²) < 4.78 is 24.9. The maximum absolute atomic E-state index is 12.8. The molecule has 2 N–H and O–H groups in total. The molecule has 3 rings (SSSR count). The second-order valence-corrected chi connectivity index (χ2v) is 8.79. The Kier molecular flexibility index (Phi) is 3.82. The highest BCUT2D eigenvalue weighted by Gasteiger charge is 2.70. The summed E-state index contributed by atoms with van der Waals surface area (Å²) in [7, 11) is -3.94. The summed E-state index contributed by atoms with van der Waals surface area (Å²) in [6, 6.07) is -1.51. The number of fused-ring (bicyclic) bond motifs is 1. The van der Waals surface area contributed by atoms with Crippen LogP contribution < -0.4 is 5.32 Å². The average Bonchev–Trinajstić information content (AvgIpc) is 3.01. The first-order valence-corrected chi connectivity index (χ1v) is 9.14. The molecule has 25 heavy (non-hydrogen) atoms. The number of nitrogens with zero attached hydrogens (tertiary/aromatic N) is 4. The zero-order chi connectivity index (χ0) is 18.6. The van der Waals surface area contributed by atoms with Crippen LogP contribution in [0, 0.1) is 0 Å². The lowest BCUT2D eigenvalue weighted by Crippen LogP contribution is -2.58. The molecule has 11 nitrogen and oxygen atoms in total. The molecule has 0 spiro atoms. The molecule has 1 aromatic heterocycles.